The average Bonchev–Trinajstić information content (AvgIpc) is 2.76. The monoisotopic (exact) mass is 262 g/mol. The van der Waals surface area contributed by atoms with Crippen molar-refractivity contribution in [3.63, 3.8) is 0 Å². The Morgan fingerprint density at radius 1 is 1.44 bits per heavy atom. The van der Waals surface area contributed by atoms with E-state index in [0.29, 0.717) is 6.04 Å². The Balaban J connectivity index is 2.04. The molecule has 0 aromatic carbocycles. The molecule has 0 spiro atoms. The minimum atomic E-state index is 0.331. The molecule has 1 unspecified atom stereocenters. The van der Waals surface area contributed by atoms with E-state index in [2.05, 4.69) is 20.7 Å². The molecule has 0 aliphatic rings. The van der Waals surface area contributed by atoms with E-state index in [0.717, 1.165) is 34.8 Å². The maximum absolute atomic E-state index is 5.94. The van der Waals surface area contributed by atoms with E-state index in [1.54, 1.807) is 17.5 Å². The normalized spacial score (nSPS) is 12.6. The summed E-state index contributed by atoms with van der Waals surface area (Å²) in [6.07, 6.45) is 5.34. The van der Waals surface area contributed by atoms with Crippen LogP contribution in [-0.2, 0) is 12.8 Å². The summed E-state index contributed by atoms with van der Waals surface area (Å²) in [7, 11) is 1.97. The first-order chi connectivity index (χ1) is 8.69. The number of nitrogens with two attached hydrogens (primary N) is 1. The molecule has 96 valence electrons. The molecular weight excluding hydrogens is 244 g/mol. The summed E-state index contributed by atoms with van der Waals surface area (Å²) in [6, 6.07) is 2.17. The summed E-state index contributed by atoms with van der Waals surface area (Å²) in [6.45, 7) is 2.03. The van der Waals surface area contributed by atoms with Gasteiger partial charge in [-0.25, -0.2) is 4.98 Å². The molecule has 0 bridgehead atoms. The Hall–Kier alpha value is -1.46. The standard InChI is InChI=1S/C13H18N4S/c1-9-17-12(8-18-9)6-11(15-2)5-10-7-16-4-3-13(10)14/h3-4,7-8,11,15H,5-6H2,1-2H3,(H2,14,16). The van der Waals surface area contributed by atoms with Gasteiger partial charge in [0.05, 0.1) is 10.7 Å². The van der Waals surface area contributed by atoms with Crippen LogP contribution in [0.5, 0.6) is 0 Å². The van der Waals surface area contributed by atoms with Gasteiger partial charge >= 0.3 is 0 Å². The van der Waals surface area contributed by atoms with Gasteiger partial charge in [-0.2, -0.15) is 0 Å². The summed E-state index contributed by atoms with van der Waals surface area (Å²) >= 11 is 1.69. The van der Waals surface area contributed by atoms with Crippen molar-refractivity contribution in [1.82, 2.24) is 15.3 Å². The van der Waals surface area contributed by atoms with E-state index < -0.39 is 0 Å². The third kappa shape index (κ3) is 3.27. The van der Waals surface area contributed by atoms with Gasteiger partial charge in [-0.15, -0.1) is 11.3 Å². The number of likely N-dealkylation sites (N-methyl/N-ethyl adjacent to an activating group) is 1. The van der Waals surface area contributed by atoms with E-state index in [9.17, 15) is 0 Å². The number of thiazole rings is 1. The highest BCUT2D eigenvalue weighted by molar-refractivity contribution is 7.09. The number of nitrogens with zero attached hydrogens (tertiary/aromatic N) is 2. The van der Waals surface area contributed by atoms with Crippen LogP contribution in [0.2, 0.25) is 0 Å². The predicted molar refractivity (Wildman–Crippen MR) is 75.8 cm³/mol. The number of rotatable bonds is 5. The molecule has 18 heavy (non-hydrogen) atoms. The molecule has 0 aliphatic heterocycles. The highest BCUT2D eigenvalue weighted by Crippen LogP contribution is 2.15. The van der Waals surface area contributed by atoms with Gasteiger partial charge in [0.15, 0.2) is 0 Å². The molecule has 2 rings (SSSR count). The van der Waals surface area contributed by atoms with Gasteiger partial charge in [0.1, 0.15) is 0 Å². The third-order valence-corrected chi connectivity index (χ3v) is 3.76. The van der Waals surface area contributed by atoms with Crippen molar-refractivity contribution in [1.29, 1.82) is 0 Å². The molecule has 0 aliphatic carbocycles. The minimum absolute atomic E-state index is 0.331. The summed E-state index contributed by atoms with van der Waals surface area (Å²) in [4.78, 5) is 8.62. The molecule has 2 heterocycles. The second-order valence-electron chi connectivity index (χ2n) is 4.33. The fraction of sp³-hybridized carbons (Fsp3) is 0.385. The first kappa shape index (κ1) is 13.0. The highest BCUT2D eigenvalue weighted by atomic mass is 32.1. The molecule has 4 nitrogen and oxygen atoms in total. The SMILES string of the molecule is CNC(Cc1csc(C)n1)Cc1cnccc1N. The molecular formula is C13H18N4S. The summed E-state index contributed by atoms with van der Waals surface area (Å²) in [5.74, 6) is 0. The molecule has 0 fully saturated rings. The predicted octanol–water partition coefficient (Wildman–Crippen LogP) is 1.80. The van der Waals surface area contributed by atoms with Gasteiger partial charge in [0, 0.05) is 35.9 Å². The maximum Gasteiger partial charge on any atom is 0.0897 e. The van der Waals surface area contributed by atoms with Crippen molar-refractivity contribution in [3.05, 3.63) is 40.1 Å². The van der Waals surface area contributed by atoms with Crippen LogP contribution in [0.15, 0.2) is 23.8 Å². The van der Waals surface area contributed by atoms with Crippen LogP contribution in [0.25, 0.3) is 0 Å². The zero-order valence-corrected chi connectivity index (χ0v) is 11.5. The Kier molecular flexibility index (Phi) is 4.28. The van der Waals surface area contributed by atoms with Gasteiger partial charge in [-0.3, -0.25) is 4.98 Å². The average molecular weight is 262 g/mol. The second kappa shape index (κ2) is 5.93. The summed E-state index contributed by atoms with van der Waals surface area (Å²) in [5.41, 5.74) is 8.97. The topological polar surface area (TPSA) is 63.8 Å². The maximum atomic E-state index is 5.94. The Morgan fingerprint density at radius 3 is 2.89 bits per heavy atom. The van der Waals surface area contributed by atoms with Gasteiger partial charge < -0.3 is 11.1 Å². The fourth-order valence-corrected chi connectivity index (χ4v) is 2.53. The van der Waals surface area contributed by atoms with Crippen LogP contribution in [0.3, 0.4) is 0 Å². The Labute approximate surface area is 111 Å². The summed E-state index contributed by atoms with van der Waals surface area (Å²) in [5, 5.41) is 6.55. The van der Waals surface area contributed by atoms with E-state index in [1.165, 1.54) is 0 Å². The fourth-order valence-electron chi connectivity index (χ4n) is 1.90. The smallest absolute Gasteiger partial charge is 0.0897 e. The van der Waals surface area contributed by atoms with Crippen LogP contribution >= 0.6 is 11.3 Å². The highest BCUT2D eigenvalue weighted by Gasteiger charge is 2.12. The third-order valence-electron chi connectivity index (χ3n) is 2.94. The van der Waals surface area contributed by atoms with Gasteiger partial charge in [-0.1, -0.05) is 0 Å². The van der Waals surface area contributed by atoms with Crippen molar-refractivity contribution < 1.29 is 0 Å². The van der Waals surface area contributed by atoms with E-state index in [4.69, 9.17) is 5.73 Å². The van der Waals surface area contributed by atoms with Crippen LogP contribution in [0.1, 0.15) is 16.3 Å². The van der Waals surface area contributed by atoms with Crippen LogP contribution in [0.4, 0.5) is 5.69 Å². The van der Waals surface area contributed by atoms with Gasteiger partial charge in [0.25, 0.3) is 0 Å². The first-order valence-corrected chi connectivity index (χ1v) is 6.83. The zero-order valence-electron chi connectivity index (χ0n) is 10.7. The molecule has 0 saturated carbocycles. The van der Waals surface area contributed by atoms with Crippen LogP contribution in [-0.4, -0.2) is 23.1 Å². The number of hydrogen-bond acceptors (Lipinski definition) is 5. The number of nitrogens with one attached hydrogen (secondary N) is 1. The zero-order chi connectivity index (χ0) is 13.0. The molecule has 3 N–H and O–H groups in total. The van der Waals surface area contributed by atoms with Gasteiger partial charge in [0.2, 0.25) is 0 Å². The molecule has 5 heteroatoms. The molecule has 2 aromatic rings. The quantitative estimate of drug-likeness (QED) is 0.862. The van der Waals surface area contributed by atoms with Crippen LogP contribution in [0, 0.1) is 6.92 Å². The van der Waals surface area contributed by atoms with E-state index in [-0.39, 0.29) is 0 Å². The molecule has 0 radical (unpaired) electrons. The number of hydrogen-bond donors (Lipinski definition) is 2. The Morgan fingerprint density at radius 2 is 2.28 bits per heavy atom. The van der Waals surface area contributed by atoms with Crippen molar-refractivity contribution >= 4 is 17.0 Å². The molecule has 0 saturated heterocycles. The first-order valence-electron chi connectivity index (χ1n) is 5.95. The number of aromatic nitrogens is 2. The molecule has 0 amide bonds. The number of aryl methyl sites for hydroxylation is 1. The van der Waals surface area contributed by atoms with Crippen molar-refractivity contribution in [2.75, 3.05) is 12.8 Å². The van der Waals surface area contributed by atoms with Crippen molar-refractivity contribution in [2.24, 2.45) is 0 Å². The number of nitrogen functional groups attached to an aromatic ring is 1. The van der Waals surface area contributed by atoms with Crippen LogP contribution < -0.4 is 11.1 Å². The lowest BCUT2D eigenvalue weighted by molar-refractivity contribution is 0.551. The number of pyridine rings is 1. The van der Waals surface area contributed by atoms with E-state index in [1.807, 2.05) is 26.2 Å². The lowest BCUT2D eigenvalue weighted by Gasteiger charge is -2.15. The van der Waals surface area contributed by atoms with E-state index >= 15 is 0 Å². The Bertz CT molecular complexity index is 509. The summed E-state index contributed by atoms with van der Waals surface area (Å²) < 4.78 is 0. The lowest BCUT2D eigenvalue weighted by atomic mass is 10.0. The molecule has 2 aromatic heterocycles. The van der Waals surface area contributed by atoms with Gasteiger partial charge in [-0.05, 0) is 32.0 Å². The number of anilines is 1. The van der Waals surface area contributed by atoms with Crippen molar-refractivity contribution in [3.8, 4) is 0 Å². The van der Waals surface area contributed by atoms with Crippen molar-refractivity contribution in [2.45, 2.75) is 25.8 Å². The minimum Gasteiger partial charge on any atom is -0.398 e. The second-order valence-corrected chi connectivity index (χ2v) is 5.39. The lowest BCUT2D eigenvalue weighted by Crippen LogP contribution is -2.30. The molecule has 1 atom stereocenters. The largest absolute Gasteiger partial charge is 0.398 e.